The molecule has 0 aliphatic carbocycles. The number of aliphatic hydroxyl groups excluding tert-OH is 1. The Morgan fingerprint density at radius 1 is 1.48 bits per heavy atom. The Morgan fingerprint density at radius 3 is 2.68 bits per heavy atom. The number of hydrogen-bond donors (Lipinski definition) is 2. The van der Waals surface area contributed by atoms with Gasteiger partial charge in [-0.1, -0.05) is 0 Å². The van der Waals surface area contributed by atoms with E-state index < -0.39 is 35.9 Å². The van der Waals surface area contributed by atoms with Crippen molar-refractivity contribution in [1.82, 2.24) is 14.9 Å². The number of imidazole rings is 1. The van der Waals surface area contributed by atoms with Crippen molar-refractivity contribution in [3.8, 4) is 0 Å². The zero-order valence-corrected chi connectivity index (χ0v) is 14.2. The summed E-state index contributed by atoms with van der Waals surface area (Å²) in [7, 11) is 1.68. The van der Waals surface area contributed by atoms with Gasteiger partial charge in [0.2, 0.25) is 5.78 Å². The van der Waals surface area contributed by atoms with Crippen molar-refractivity contribution < 1.29 is 29.0 Å². The molecule has 25 heavy (non-hydrogen) atoms. The third kappa shape index (κ3) is 6.66. The van der Waals surface area contributed by atoms with E-state index in [0.29, 0.717) is 6.21 Å². The number of aryl methyl sites for hydroxylation is 1. The van der Waals surface area contributed by atoms with Crippen LogP contribution < -0.4 is 5.32 Å². The van der Waals surface area contributed by atoms with E-state index in [1.807, 2.05) is 0 Å². The molecule has 1 amide bonds. The summed E-state index contributed by atoms with van der Waals surface area (Å²) in [5.41, 5.74) is 8.45. The van der Waals surface area contributed by atoms with Gasteiger partial charge >= 0.3 is 12.2 Å². The van der Waals surface area contributed by atoms with Gasteiger partial charge in [-0.05, 0) is 20.3 Å². The number of nitrogens with one attached hydrogen (secondary N) is 1. The summed E-state index contributed by atoms with van der Waals surface area (Å²) in [5, 5.41) is 12.4. The average Bonchev–Trinajstić information content (AvgIpc) is 2.96. The van der Waals surface area contributed by atoms with Crippen LogP contribution in [0.25, 0.3) is 5.53 Å². The monoisotopic (exact) mass is 351 g/mol. The first-order valence-corrected chi connectivity index (χ1v) is 7.61. The van der Waals surface area contributed by atoms with Gasteiger partial charge in [0.15, 0.2) is 6.10 Å². The van der Waals surface area contributed by atoms with E-state index in [4.69, 9.17) is 10.3 Å². The number of ketones is 1. The number of carbonyl (C=O) groups is 3. The smallest absolute Gasteiger partial charge is 0.328 e. The SMILES string of the molecule is CC(C)OC(=O)[C@H](CCC(=O)C=[N+]=[N-])NC(=O)[C@H](O)c1cn(C)cn1. The number of amides is 1. The van der Waals surface area contributed by atoms with Crippen LogP contribution >= 0.6 is 0 Å². The summed E-state index contributed by atoms with van der Waals surface area (Å²) < 4.78 is 6.60. The van der Waals surface area contributed by atoms with Gasteiger partial charge in [0.25, 0.3) is 5.91 Å². The molecule has 0 radical (unpaired) electrons. The van der Waals surface area contributed by atoms with Gasteiger partial charge in [0.05, 0.1) is 18.1 Å². The van der Waals surface area contributed by atoms with Gasteiger partial charge in [-0.15, -0.1) is 0 Å². The van der Waals surface area contributed by atoms with E-state index in [-0.39, 0.29) is 18.5 Å². The first kappa shape index (κ1) is 20.2. The summed E-state index contributed by atoms with van der Waals surface area (Å²) in [4.78, 5) is 42.1. The molecule has 1 heterocycles. The van der Waals surface area contributed by atoms with Crippen LogP contribution in [0, 0.1) is 0 Å². The van der Waals surface area contributed by atoms with Gasteiger partial charge in [-0.3, -0.25) is 9.59 Å². The van der Waals surface area contributed by atoms with Crippen molar-refractivity contribution in [2.75, 3.05) is 0 Å². The Balaban J connectivity index is 2.79. The first-order chi connectivity index (χ1) is 11.7. The van der Waals surface area contributed by atoms with Crippen LogP contribution in [-0.2, 0) is 26.2 Å². The summed E-state index contributed by atoms with van der Waals surface area (Å²) in [6.45, 7) is 3.28. The molecule has 1 aromatic heterocycles. The van der Waals surface area contributed by atoms with E-state index in [9.17, 15) is 19.5 Å². The topological polar surface area (TPSA) is 147 Å². The van der Waals surface area contributed by atoms with Crippen molar-refractivity contribution in [2.24, 2.45) is 7.05 Å². The van der Waals surface area contributed by atoms with Crippen molar-refractivity contribution in [1.29, 1.82) is 0 Å². The highest BCUT2D eigenvalue weighted by atomic mass is 16.5. The van der Waals surface area contributed by atoms with Crippen LogP contribution in [-0.4, -0.2) is 55.5 Å². The predicted octanol–water partition coefficient (Wildman–Crippen LogP) is -0.460. The predicted molar refractivity (Wildman–Crippen MR) is 85.3 cm³/mol. The van der Waals surface area contributed by atoms with Crippen molar-refractivity contribution in [3.63, 3.8) is 0 Å². The second-order valence-corrected chi connectivity index (χ2v) is 5.66. The average molecular weight is 351 g/mol. The zero-order chi connectivity index (χ0) is 19.0. The second-order valence-electron chi connectivity index (χ2n) is 5.66. The van der Waals surface area contributed by atoms with Crippen molar-refractivity contribution in [3.05, 3.63) is 23.7 Å². The Labute approximate surface area is 144 Å². The molecular formula is C15H21N5O5. The second kappa shape index (κ2) is 9.45. The highest BCUT2D eigenvalue weighted by Gasteiger charge is 2.28. The lowest BCUT2D eigenvalue weighted by molar-refractivity contribution is -0.152. The summed E-state index contributed by atoms with van der Waals surface area (Å²) in [6.07, 6.45) is 1.39. The van der Waals surface area contributed by atoms with Crippen LogP contribution in [0.4, 0.5) is 0 Å². The van der Waals surface area contributed by atoms with E-state index >= 15 is 0 Å². The fourth-order valence-corrected chi connectivity index (χ4v) is 1.94. The maximum absolute atomic E-state index is 12.2. The number of esters is 1. The molecule has 0 unspecified atom stereocenters. The number of carbonyl (C=O) groups excluding carboxylic acids is 3. The Kier molecular flexibility index (Phi) is 7.64. The number of nitrogens with zero attached hydrogens (tertiary/aromatic N) is 4. The molecule has 2 N–H and O–H groups in total. The molecule has 0 spiro atoms. The Bertz CT molecular complexity index is 678. The molecule has 0 bridgehead atoms. The van der Waals surface area contributed by atoms with Crippen LogP contribution in [0.2, 0.25) is 0 Å². The number of ether oxygens (including phenoxy) is 1. The molecule has 0 aliphatic rings. The minimum atomic E-state index is -1.56. The third-order valence-electron chi connectivity index (χ3n) is 3.09. The van der Waals surface area contributed by atoms with E-state index in [1.54, 1.807) is 25.5 Å². The maximum Gasteiger partial charge on any atom is 0.328 e. The van der Waals surface area contributed by atoms with Crippen LogP contribution in [0.5, 0.6) is 0 Å². The van der Waals surface area contributed by atoms with Gasteiger partial charge in [0.1, 0.15) is 6.04 Å². The lowest BCUT2D eigenvalue weighted by Gasteiger charge is -2.19. The standard InChI is InChI=1S/C15H21N5O5/c1-9(2)25-15(24)11(5-4-10(21)6-18-16)19-14(23)13(22)12-7-20(3)8-17-12/h6-9,11,13,22H,4-5H2,1-3H3,(H,19,23)/t11-,13+/m0/s1. The summed E-state index contributed by atoms with van der Waals surface area (Å²) in [5.74, 6) is -2.10. The number of Topliss-reactive ketones (excluding diaryl/α,β-unsaturated/α-hetero) is 1. The molecule has 0 aliphatic heterocycles. The fraction of sp³-hybridized carbons (Fsp3) is 0.533. The van der Waals surface area contributed by atoms with E-state index in [0.717, 1.165) is 0 Å². The van der Waals surface area contributed by atoms with Crippen molar-refractivity contribution >= 4 is 23.9 Å². The van der Waals surface area contributed by atoms with Crippen LogP contribution in [0.15, 0.2) is 12.5 Å². The fourth-order valence-electron chi connectivity index (χ4n) is 1.94. The highest BCUT2D eigenvalue weighted by molar-refractivity contribution is 6.25. The molecular weight excluding hydrogens is 330 g/mol. The lowest BCUT2D eigenvalue weighted by atomic mass is 10.1. The van der Waals surface area contributed by atoms with Crippen LogP contribution in [0.1, 0.15) is 38.5 Å². The third-order valence-corrected chi connectivity index (χ3v) is 3.09. The quantitative estimate of drug-likeness (QED) is 0.266. The molecule has 0 saturated carbocycles. The molecule has 1 rings (SSSR count). The first-order valence-electron chi connectivity index (χ1n) is 7.61. The minimum Gasteiger partial charge on any atom is -0.461 e. The number of hydrogen-bond acceptors (Lipinski definition) is 6. The molecule has 1 aromatic rings. The molecule has 0 saturated heterocycles. The largest absolute Gasteiger partial charge is 0.461 e. The Morgan fingerprint density at radius 2 is 2.16 bits per heavy atom. The van der Waals surface area contributed by atoms with Gasteiger partial charge in [0, 0.05) is 19.7 Å². The van der Waals surface area contributed by atoms with Gasteiger partial charge in [-0.2, -0.15) is 4.79 Å². The Hall–Kier alpha value is -2.84. The summed E-state index contributed by atoms with van der Waals surface area (Å²) >= 11 is 0. The number of aliphatic hydroxyl groups is 1. The van der Waals surface area contributed by atoms with E-state index in [1.165, 1.54) is 12.5 Å². The molecule has 136 valence electrons. The molecule has 2 atom stereocenters. The molecule has 0 fully saturated rings. The van der Waals surface area contributed by atoms with Gasteiger partial charge < -0.3 is 25.3 Å². The van der Waals surface area contributed by atoms with Gasteiger partial charge in [-0.25, -0.2) is 9.78 Å². The van der Waals surface area contributed by atoms with Crippen molar-refractivity contribution in [2.45, 2.75) is 44.9 Å². The zero-order valence-electron chi connectivity index (χ0n) is 14.2. The normalized spacial score (nSPS) is 12.8. The number of rotatable bonds is 9. The molecule has 0 aromatic carbocycles. The minimum absolute atomic E-state index is 0.0723. The highest BCUT2D eigenvalue weighted by Crippen LogP contribution is 2.11. The number of aromatic nitrogens is 2. The summed E-state index contributed by atoms with van der Waals surface area (Å²) in [6, 6.07) is -1.13. The van der Waals surface area contributed by atoms with Crippen LogP contribution in [0.3, 0.4) is 0 Å². The molecule has 10 nitrogen and oxygen atoms in total. The molecule has 10 heteroatoms. The lowest BCUT2D eigenvalue weighted by Crippen LogP contribution is -2.45. The maximum atomic E-state index is 12.2. The van der Waals surface area contributed by atoms with E-state index in [2.05, 4.69) is 15.1 Å².